The van der Waals surface area contributed by atoms with E-state index in [1.54, 1.807) is 0 Å². The van der Waals surface area contributed by atoms with E-state index >= 15 is 0 Å². The van der Waals surface area contributed by atoms with E-state index in [4.69, 9.17) is 5.11 Å². The van der Waals surface area contributed by atoms with Gasteiger partial charge in [0.15, 0.2) is 0 Å². The maximum Gasteiger partial charge on any atom is 0.352 e. The van der Waals surface area contributed by atoms with Crippen LogP contribution in [0, 0.1) is 0 Å². The molecule has 0 aliphatic rings. The molecule has 0 fully saturated rings. The highest BCUT2D eigenvalue weighted by Gasteiger charge is 2.12. The molecule has 0 saturated heterocycles. The van der Waals surface area contributed by atoms with Crippen LogP contribution in [0.25, 0.3) is 0 Å². The largest absolute Gasteiger partial charge is 0.477 e. The molecule has 2 heterocycles. The van der Waals surface area contributed by atoms with Gasteiger partial charge in [0, 0.05) is 11.4 Å². The van der Waals surface area contributed by atoms with Crippen LogP contribution in [0.2, 0.25) is 0 Å². The fourth-order valence-electron chi connectivity index (χ4n) is 1.62. The van der Waals surface area contributed by atoms with Crippen LogP contribution in [0.1, 0.15) is 28.1 Å². The zero-order valence-electron chi connectivity index (χ0n) is 9.79. The van der Waals surface area contributed by atoms with E-state index in [0.717, 1.165) is 11.4 Å². The Kier molecular flexibility index (Phi) is 3.57. The van der Waals surface area contributed by atoms with Crippen LogP contribution in [0.15, 0.2) is 28.4 Å². The smallest absolute Gasteiger partial charge is 0.352 e. The third-order valence-electron chi connectivity index (χ3n) is 2.49. The molecule has 0 aliphatic carbocycles. The molecule has 0 radical (unpaired) electrons. The van der Waals surface area contributed by atoms with E-state index in [1.807, 2.05) is 12.3 Å². The molecular formula is C12H12N2O3S. The van der Waals surface area contributed by atoms with Crippen molar-refractivity contribution in [2.75, 3.05) is 0 Å². The van der Waals surface area contributed by atoms with Gasteiger partial charge in [-0.15, -0.1) is 11.3 Å². The summed E-state index contributed by atoms with van der Waals surface area (Å²) in [6.45, 7) is 2.19. The lowest BCUT2D eigenvalue weighted by Gasteiger charge is -2.07. The molecule has 0 amide bonds. The van der Waals surface area contributed by atoms with E-state index in [9.17, 15) is 9.59 Å². The maximum absolute atomic E-state index is 11.7. The highest BCUT2D eigenvalue weighted by atomic mass is 32.1. The Balaban J connectivity index is 2.39. The summed E-state index contributed by atoms with van der Waals surface area (Å²) in [5.74, 6) is -1.11. The monoisotopic (exact) mass is 264 g/mol. The Morgan fingerprint density at radius 1 is 1.50 bits per heavy atom. The highest BCUT2D eigenvalue weighted by molar-refractivity contribution is 7.09. The van der Waals surface area contributed by atoms with Gasteiger partial charge in [0.25, 0.3) is 5.56 Å². The lowest BCUT2D eigenvalue weighted by molar-refractivity contribution is 0.0684. The molecule has 5 nitrogen and oxygen atoms in total. The number of hydrogen-bond acceptors (Lipinski definition) is 4. The third kappa shape index (κ3) is 2.48. The second-order valence-electron chi connectivity index (χ2n) is 3.73. The molecule has 2 aromatic heterocycles. The number of thiazole rings is 1. The Hall–Kier alpha value is -1.95. The second kappa shape index (κ2) is 5.14. The van der Waals surface area contributed by atoms with Crippen molar-refractivity contribution in [1.82, 2.24) is 9.55 Å². The number of carbonyl (C=O) groups is 1. The predicted molar refractivity (Wildman–Crippen MR) is 68.3 cm³/mol. The summed E-state index contributed by atoms with van der Waals surface area (Å²) in [6, 6.07) is 4.21. The quantitative estimate of drug-likeness (QED) is 0.910. The molecule has 0 unspecified atom stereocenters. The summed E-state index contributed by atoms with van der Waals surface area (Å²) in [7, 11) is 0. The predicted octanol–water partition coefficient (Wildman–Crippen LogP) is 1.61. The minimum absolute atomic E-state index is 0.0199. The van der Waals surface area contributed by atoms with Crippen LogP contribution in [0.5, 0.6) is 0 Å². The van der Waals surface area contributed by atoms with Crippen LogP contribution < -0.4 is 5.56 Å². The first kappa shape index (κ1) is 12.5. The van der Waals surface area contributed by atoms with Gasteiger partial charge in [0.2, 0.25) is 0 Å². The maximum atomic E-state index is 11.7. The topological polar surface area (TPSA) is 72.2 Å². The van der Waals surface area contributed by atoms with E-state index in [1.165, 1.54) is 34.1 Å². The van der Waals surface area contributed by atoms with E-state index in [-0.39, 0.29) is 17.8 Å². The van der Waals surface area contributed by atoms with Crippen LogP contribution >= 0.6 is 11.3 Å². The van der Waals surface area contributed by atoms with Crippen molar-refractivity contribution in [3.63, 3.8) is 0 Å². The first-order valence-electron chi connectivity index (χ1n) is 5.48. The number of hydrogen-bond donors (Lipinski definition) is 1. The van der Waals surface area contributed by atoms with Crippen LogP contribution in [0.3, 0.4) is 0 Å². The Morgan fingerprint density at radius 2 is 2.28 bits per heavy atom. The van der Waals surface area contributed by atoms with Crippen LogP contribution in [0.4, 0.5) is 0 Å². The number of aryl methyl sites for hydroxylation is 1. The SMILES string of the molecule is CCc1nc(Cn2c(C(=O)O)cccc2=O)cs1. The minimum Gasteiger partial charge on any atom is -0.477 e. The molecule has 1 N–H and O–H groups in total. The van der Waals surface area contributed by atoms with Crippen molar-refractivity contribution in [3.05, 3.63) is 50.3 Å². The van der Waals surface area contributed by atoms with Crippen LogP contribution in [-0.4, -0.2) is 20.6 Å². The second-order valence-corrected chi connectivity index (χ2v) is 4.67. The fraction of sp³-hybridized carbons (Fsp3) is 0.250. The molecule has 0 saturated carbocycles. The van der Waals surface area contributed by atoms with Gasteiger partial charge in [-0.3, -0.25) is 9.36 Å². The lowest BCUT2D eigenvalue weighted by Crippen LogP contribution is -2.25. The normalized spacial score (nSPS) is 10.5. The van der Waals surface area contributed by atoms with Crippen molar-refractivity contribution in [3.8, 4) is 0 Å². The van der Waals surface area contributed by atoms with Gasteiger partial charge in [-0.05, 0) is 12.5 Å². The first-order valence-corrected chi connectivity index (χ1v) is 6.36. The lowest BCUT2D eigenvalue weighted by atomic mass is 10.3. The average molecular weight is 264 g/mol. The number of nitrogens with zero attached hydrogens (tertiary/aromatic N) is 2. The number of aromatic carboxylic acids is 1. The molecule has 94 valence electrons. The van der Waals surface area contributed by atoms with E-state index < -0.39 is 5.97 Å². The summed E-state index contributed by atoms with van der Waals surface area (Å²) in [5, 5.41) is 11.9. The Labute approximate surface area is 107 Å². The van der Waals surface area contributed by atoms with Gasteiger partial charge in [0.1, 0.15) is 5.69 Å². The zero-order chi connectivity index (χ0) is 13.1. The molecule has 0 spiro atoms. The summed E-state index contributed by atoms with van der Waals surface area (Å²) < 4.78 is 1.22. The van der Waals surface area contributed by atoms with Gasteiger partial charge in [-0.1, -0.05) is 13.0 Å². The van der Waals surface area contributed by atoms with Gasteiger partial charge in [-0.2, -0.15) is 0 Å². The minimum atomic E-state index is -1.11. The summed E-state index contributed by atoms with van der Waals surface area (Å²) in [6.07, 6.45) is 0.833. The third-order valence-corrected chi connectivity index (χ3v) is 3.53. The molecule has 2 rings (SSSR count). The molecule has 2 aromatic rings. The number of pyridine rings is 1. The van der Waals surface area contributed by atoms with Crippen molar-refractivity contribution < 1.29 is 9.90 Å². The number of aromatic nitrogens is 2. The highest BCUT2D eigenvalue weighted by Crippen LogP contribution is 2.11. The molecule has 6 heteroatoms. The zero-order valence-corrected chi connectivity index (χ0v) is 10.6. The van der Waals surface area contributed by atoms with Crippen LogP contribution in [-0.2, 0) is 13.0 Å². The summed E-state index contributed by atoms with van der Waals surface area (Å²) >= 11 is 1.51. The Morgan fingerprint density at radius 3 is 2.89 bits per heavy atom. The Bertz CT molecular complexity index is 630. The fourth-order valence-corrected chi connectivity index (χ4v) is 2.35. The van der Waals surface area contributed by atoms with Crippen molar-refractivity contribution in [2.24, 2.45) is 0 Å². The molecule has 0 atom stereocenters. The molecular weight excluding hydrogens is 252 g/mol. The molecule has 18 heavy (non-hydrogen) atoms. The molecule has 0 aliphatic heterocycles. The van der Waals surface area contributed by atoms with Crippen molar-refractivity contribution in [1.29, 1.82) is 0 Å². The number of carboxylic acids is 1. The standard InChI is InChI=1S/C12H12N2O3S/c1-2-10-13-8(7-18-10)6-14-9(12(16)17)4-3-5-11(14)15/h3-5,7H,2,6H2,1H3,(H,16,17). The first-order chi connectivity index (χ1) is 8.61. The van der Waals surface area contributed by atoms with E-state index in [2.05, 4.69) is 4.98 Å². The van der Waals surface area contributed by atoms with Gasteiger partial charge in [-0.25, -0.2) is 9.78 Å². The van der Waals surface area contributed by atoms with Gasteiger partial charge >= 0.3 is 5.97 Å². The molecule has 0 aromatic carbocycles. The van der Waals surface area contributed by atoms with Crippen molar-refractivity contribution >= 4 is 17.3 Å². The van der Waals surface area contributed by atoms with Gasteiger partial charge < -0.3 is 5.11 Å². The number of rotatable bonds is 4. The summed E-state index contributed by atoms with van der Waals surface area (Å²) in [5.41, 5.74) is 0.363. The van der Waals surface area contributed by atoms with E-state index in [0.29, 0.717) is 5.69 Å². The van der Waals surface area contributed by atoms with Crippen molar-refractivity contribution in [2.45, 2.75) is 19.9 Å². The molecule has 0 bridgehead atoms. The number of carboxylic acid groups (broad SMARTS) is 1. The average Bonchev–Trinajstić information content (AvgIpc) is 2.79. The summed E-state index contributed by atoms with van der Waals surface area (Å²) in [4.78, 5) is 27.1. The van der Waals surface area contributed by atoms with Gasteiger partial charge in [0.05, 0.1) is 17.2 Å².